The van der Waals surface area contributed by atoms with E-state index in [0.717, 1.165) is 22.2 Å². The van der Waals surface area contributed by atoms with Crippen LogP contribution in [0.2, 0.25) is 0 Å². The Hall–Kier alpha value is -2.10. The number of rotatable bonds is 3. The molecule has 1 N–H and O–H groups in total. The van der Waals surface area contributed by atoms with E-state index in [1.165, 1.54) is 0 Å². The number of aromatic nitrogens is 1. The Labute approximate surface area is 138 Å². The molecule has 1 heterocycles. The number of ether oxygens (including phenoxy) is 1. The first kappa shape index (κ1) is 17.3. The Morgan fingerprint density at radius 2 is 1.87 bits per heavy atom. The molecule has 4 heteroatoms. The van der Waals surface area contributed by atoms with Crippen molar-refractivity contribution >= 4 is 17.0 Å². The van der Waals surface area contributed by atoms with Gasteiger partial charge in [-0.15, -0.1) is 0 Å². The number of para-hydroxylation sites is 1. The summed E-state index contributed by atoms with van der Waals surface area (Å²) < 4.78 is 5.38. The number of fused-ring (bicyclic) bond motifs is 1. The summed E-state index contributed by atoms with van der Waals surface area (Å²) in [5.74, 6) is 0.204. The number of benzene rings is 1. The van der Waals surface area contributed by atoms with Gasteiger partial charge in [0.05, 0.1) is 17.3 Å². The molecule has 1 atom stereocenters. The van der Waals surface area contributed by atoms with Gasteiger partial charge in [-0.25, -0.2) is 4.79 Å². The van der Waals surface area contributed by atoms with Crippen LogP contribution in [0.25, 0.3) is 10.9 Å². The second-order valence-corrected chi connectivity index (χ2v) is 7.25. The van der Waals surface area contributed by atoms with E-state index in [2.05, 4.69) is 32.2 Å². The van der Waals surface area contributed by atoms with Gasteiger partial charge >= 0.3 is 6.09 Å². The number of pyridine rings is 1. The number of hydrogen-bond donors (Lipinski definition) is 1. The van der Waals surface area contributed by atoms with Crippen LogP contribution in [0.15, 0.2) is 30.3 Å². The number of carbonyl (C=O) groups excluding carboxylic acids is 1. The maximum atomic E-state index is 12.1. The lowest BCUT2D eigenvalue weighted by Gasteiger charge is -2.26. The van der Waals surface area contributed by atoms with Crippen molar-refractivity contribution < 1.29 is 9.53 Å². The highest BCUT2D eigenvalue weighted by molar-refractivity contribution is 5.82. The smallest absolute Gasteiger partial charge is 0.408 e. The Morgan fingerprint density at radius 3 is 2.48 bits per heavy atom. The van der Waals surface area contributed by atoms with Crippen LogP contribution in [0.1, 0.15) is 51.9 Å². The molecule has 1 aromatic carbocycles. The fourth-order valence-electron chi connectivity index (χ4n) is 2.55. The van der Waals surface area contributed by atoms with E-state index < -0.39 is 11.7 Å². The van der Waals surface area contributed by atoms with E-state index in [9.17, 15) is 4.79 Å². The molecule has 0 aliphatic heterocycles. The van der Waals surface area contributed by atoms with Crippen LogP contribution in [0.5, 0.6) is 0 Å². The second-order valence-electron chi connectivity index (χ2n) is 7.25. The maximum absolute atomic E-state index is 12.1. The largest absolute Gasteiger partial charge is 0.444 e. The summed E-state index contributed by atoms with van der Waals surface area (Å²) in [5, 5.41) is 4.09. The summed E-state index contributed by atoms with van der Waals surface area (Å²) in [5.41, 5.74) is 2.45. The number of hydrogen-bond acceptors (Lipinski definition) is 3. The minimum absolute atomic E-state index is 0.187. The zero-order valence-electron chi connectivity index (χ0n) is 14.8. The van der Waals surface area contributed by atoms with Gasteiger partial charge in [0.15, 0.2) is 0 Å². The molecule has 0 fully saturated rings. The van der Waals surface area contributed by atoms with Crippen LogP contribution in [0, 0.1) is 12.8 Å². The van der Waals surface area contributed by atoms with Gasteiger partial charge < -0.3 is 10.1 Å². The van der Waals surface area contributed by atoms with Crippen molar-refractivity contribution in [3.8, 4) is 0 Å². The molecular formula is C19H26N2O2. The lowest BCUT2D eigenvalue weighted by atomic mass is 9.98. The number of alkyl carbamates (subject to hydrolysis) is 1. The van der Waals surface area contributed by atoms with Gasteiger partial charge in [0.2, 0.25) is 0 Å². The third-order valence-electron chi connectivity index (χ3n) is 3.60. The number of nitrogens with zero attached hydrogens (tertiary/aromatic N) is 1. The third kappa shape index (κ3) is 4.44. The zero-order valence-corrected chi connectivity index (χ0v) is 14.8. The van der Waals surface area contributed by atoms with E-state index in [4.69, 9.17) is 9.72 Å². The number of amides is 1. The van der Waals surface area contributed by atoms with Crippen molar-refractivity contribution in [1.82, 2.24) is 10.3 Å². The molecule has 2 rings (SSSR count). The lowest BCUT2D eigenvalue weighted by Crippen LogP contribution is -2.37. The molecule has 1 aromatic heterocycles. The molecule has 0 bridgehead atoms. The van der Waals surface area contributed by atoms with Gasteiger partial charge in [-0.2, -0.15) is 0 Å². The molecule has 0 unspecified atom stereocenters. The number of nitrogens with one attached hydrogen (secondary N) is 1. The lowest BCUT2D eigenvalue weighted by molar-refractivity contribution is 0.0488. The Morgan fingerprint density at radius 1 is 1.22 bits per heavy atom. The van der Waals surface area contributed by atoms with Gasteiger partial charge in [0.25, 0.3) is 0 Å². The van der Waals surface area contributed by atoms with Gasteiger partial charge in [-0.3, -0.25) is 4.98 Å². The average Bonchev–Trinajstić information content (AvgIpc) is 2.42. The molecule has 0 aliphatic carbocycles. The molecular weight excluding hydrogens is 288 g/mol. The average molecular weight is 314 g/mol. The van der Waals surface area contributed by atoms with E-state index in [1.54, 1.807) is 0 Å². The van der Waals surface area contributed by atoms with Crippen LogP contribution in [0.4, 0.5) is 4.79 Å². The first-order chi connectivity index (χ1) is 10.7. The maximum Gasteiger partial charge on any atom is 0.408 e. The third-order valence-corrected chi connectivity index (χ3v) is 3.60. The molecule has 1 amide bonds. The van der Waals surface area contributed by atoms with Gasteiger partial charge in [0, 0.05) is 5.39 Å². The number of aryl methyl sites for hydroxylation is 1. The van der Waals surface area contributed by atoms with E-state index in [0.29, 0.717) is 0 Å². The van der Waals surface area contributed by atoms with Crippen LogP contribution in [-0.4, -0.2) is 16.7 Å². The fourth-order valence-corrected chi connectivity index (χ4v) is 2.55. The molecule has 0 saturated heterocycles. The summed E-state index contributed by atoms with van der Waals surface area (Å²) >= 11 is 0. The molecule has 0 radical (unpaired) electrons. The highest BCUT2D eigenvalue weighted by Gasteiger charge is 2.24. The van der Waals surface area contributed by atoms with Crippen LogP contribution >= 0.6 is 0 Å². The molecule has 0 aliphatic rings. The summed E-state index contributed by atoms with van der Waals surface area (Å²) in [7, 11) is 0. The standard InChI is InChI=1S/C19H26N2O2/c1-12(2)17(21-18(22)23-19(4,5)6)16-11-13(3)14-9-7-8-10-15(14)20-16/h7-12,17H,1-6H3,(H,21,22)/t17-/m0/s1. The molecule has 4 nitrogen and oxygen atoms in total. The minimum Gasteiger partial charge on any atom is -0.444 e. The summed E-state index contributed by atoms with van der Waals surface area (Å²) in [4.78, 5) is 16.9. The van der Waals surface area contributed by atoms with E-state index >= 15 is 0 Å². The van der Waals surface area contributed by atoms with Gasteiger partial charge in [-0.05, 0) is 51.3 Å². The normalized spacial score (nSPS) is 13.2. The summed E-state index contributed by atoms with van der Waals surface area (Å²) in [6, 6.07) is 9.90. The SMILES string of the molecule is Cc1cc([C@@H](NC(=O)OC(C)(C)C)C(C)C)nc2ccccc12. The quantitative estimate of drug-likeness (QED) is 0.888. The first-order valence-corrected chi connectivity index (χ1v) is 8.03. The predicted molar refractivity (Wildman–Crippen MR) is 93.4 cm³/mol. The van der Waals surface area contributed by atoms with Gasteiger partial charge in [0.1, 0.15) is 5.60 Å². The summed E-state index contributed by atoms with van der Waals surface area (Å²) in [6.45, 7) is 11.8. The molecule has 2 aromatic rings. The fraction of sp³-hybridized carbons (Fsp3) is 0.474. The highest BCUT2D eigenvalue weighted by atomic mass is 16.6. The van der Waals surface area contributed by atoms with Gasteiger partial charge in [-0.1, -0.05) is 32.0 Å². The van der Waals surface area contributed by atoms with Crippen molar-refractivity contribution in [3.63, 3.8) is 0 Å². The number of carbonyl (C=O) groups is 1. The highest BCUT2D eigenvalue weighted by Crippen LogP contribution is 2.25. The Kier molecular flexibility index (Phi) is 4.93. The van der Waals surface area contributed by atoms with Crippen molar-refractivity contribution in [2.45, 2.75) is 53.2 Å². The second kappa shape index (κ2) is 6.57. The monoisotopic (exact) mass is 314 g/mol. The van der Waals surface area contributed by atoms with Crippen LogP contribution < -0.4 is 5.32 Å². The first-order valence-electron chi connectivity index (χ1n) is 8.03. The van der Waals surface area contributed by atoms with Crippen molar-refractivity contribution in [2.75, 3.05) is 0 Å². The molecule has 0 saturated carbocycles. The van der Waals surface area contributed by atoms with Crippen molar-refractivity contribution in [1.29, 1.82) is 0 Å². The van der Waals surface area contributed by atoms with Crippen LogP contribution in [-0.2, 0) is 4.74 Å². The van der Waals surface area contributed by atoms with Crippen molar-refractivity contribution in [3.05, 3.63) is 41.6 Å². The van der Waals surface area contributed by atoms with E-state index in [1.807, 2.05) is 45.0 Å². The molecule has 124 valence electrons. The summed E-state index contributed by atoms with van der Waals surface area (Å²) in [6.07, 6.45) is -0.413. The van der Waals surface area contributed by atoms with Crippen LogP contribution in [0.3, 0.4) is 0 Å². The minimum atomic E-state index is -0.516. The topological polar surface area (TPSA) is 51.2 Å². The Bertz CT molecular complexity index is 702. The predicted octanol–water partition coefficient (Wildman–Crippen LogP) is 4.77. The van der Waals surface area contributed by atoms with E-state index in [-0.39, 0.29) is 12.0 Å². The Balaban J connectivity index is 2.33. The van der Waals surface area contributed by atoms with Crippen molar-refractivity contribution in [2.24, 2.45) is 5.92 Å². The molecule has 23 heavy (non-hydrogen) atoms. The zero-order chi connectivity index (χ0) is 17.2. The molecule has 0 spiro atoms.